The molecule has 0 aliphatic heterocycles. The Balaban J connectivity index is 1.96. The molecule has 0 aromatic heterocycles. The maximum absolute atomic E-state index is 5.82. The van der Waals surface area contributed by atoms with Crippen LogP contribution in [-0.2, 0) is 12.8 Å². The van der Waals surface area contributed by atoms with Gasteiger partial charge in [-0.1, -0.05) is 48.0 Å². The van der Waals surface area contributed by atoms with Gasteiger partial charge in [0.1, 0.15) is 0 Å². The van der Waals surface area contributed by atoms with Crippen LogP contribution in [0, 0.1) is 6.07 Å². The molecule has 0 atom stereocenters. The molecule has 1 heteroatoms. The van der Waals surface area contributed by atoms with E-state index in [1.807, 2.05) is 24.3 Å². The Bertz CT molecular complexity index is 403. The van der Waals surface area contributed by atoms with Crippen LogP contribution in [0.1, 0.15) is 11.1 Å². The third-order valence-electron chi connectivity index (χ3n) is 2.40. The quantitative estimate of drug-likeness (QED) is 0.728. The fraction of sp³-hybridized carbons (Fsp3) is 0.143. The van der Waals surface area contributed by atoms with E-state index in [9.17, 15) is 0 Å². The van der Waals surface area contributed by atoms with Crippen molar-refractivity contribution >= 4 is 11.6 Å². The summed E-state index contributed by atoms with van der Waals surface area (Å²) in [6.07, 6.45) is 2.12. The number of aryl methyl sites for hydroxylation is 2. The smallest absolute Gasteiger partial charge is 0.0406 e. The Morgan fingerprint density at radius 2 is 1.33 bits per heavy atom. The lowest BCUT2D eigenvalue weighted by Crippen LogP contribution is -1.90. The van der Waals surface area contributed by atoms with Gasteiger partial charge in [-0.05, 0) is 42.2 Å². The van der Waals surface area contributed by atoms with Crippen LogP contribution in [0.2, 0.25) is 5.02 Å². The molecule has 1 radical (unpaired) electrons. The molecule has 0 heterocycles. The summed E-state index contributed by atoms with van der Waals surface area (Å²) in [5.41, 5.74) is 2.68. The van der Waals surface area contributed by atoms with Crippen LogP contribution in [-0.4, -0.2) is 0 Å². The topological polar surface area (TPSA) is 0 Å². The zero-order valence-corrected chi connectivity index (χ0v) is 9.17. The zero-order valence-electron chi connectivity index (χ0n) is 8.41. The molecule has 0 aliphatic rings. The summed E-state index contributed by atoms with van der Waals surface area (Å²) in [7, 11) is 0. The largest absolute Gasteiger partial charge is 0.0843 e. The lowest BCUT2D eigenvalue weighted by molar-refractivity contribution is 0.960. The van der Waals surface area contributed by atoms with Gasteiger partial charge in [0.25, 0.3) is 0 Å². The summed E-state index contributed by atoms with van der Waals surface area (Å²) in [6, 6.07) is 19.2. The van der Waals surface area contributed by atoms with E-state index in [0.29, 0.717) is 0 Å². The maximum atomic E-state index is 5.82. The highest BCUT2D eigenvalue weighted by molar-refractivity contribution is 6.30. The van der Waals surface area contributed by atoms with Crippen molar-refractivity contribution in [3.05, 3.63) is 70.7 Å². The summed E-state index contributed by atoms with van der Waals surface area (Å²) in [5, 5.41) is 0.799. The summed E-state index contributed by atoms with van der Waals surface area (Å²) in [6.45, 7) is 0. The van der Waals surface area contributed by atoms with Crippen LogP contribution in [0.3, 0.4) is 0 Å². The molecule has 0 spiro atoms. The Kier molecular flexibility index (Phi) is 3.41. The average molecular weight is 216 g/mol. The van der Waals surface area contributed by atoms with Crippen LogP contribution in [0.4, 0.5) is 0 Å². The average Bonchev–Trinajstić information content (AvgIpc) is 2.30. The Hall–Kier alpha value is -1.27. The van der Waals surface area contributed by atoms with Crippen molar-refractivity contribution in [1.29, 1.82) is 0 Å². The van der Waals surface area contributed by atoms with Gasteiger partial charge in [-0.3, -0.25) is 0 Å². The normalized spacial score (nSPS) is 10.2. The molecule has 0 bridgehead atoms. The highest BCUT2D eigenvalue weighted by atomic mass is 35.5. The summed E-state index contributed by atoms with van der Waals surface area (Å²) >= 11 is 5.82. The Morgan fingerprint density at radius 3 is 1.93 bits per heavy atom. The first-order valence-corrected chi connectivity index (χ1v) is 5.42. The molecule has 0 fully saturated rings. The lowest BCUT2D eigenvalue weighted by Gasteiger charge is -2.01. The van der Waals surface area contributed by atoms with Gasteiger partial charge in [-0.2, -0.15) is 0 Å². The zero-order chi connectivity index (χ0) is 10.5. The van der Waals surface area contributed by atoms with Crippen molar-refractivity contribution in [3.8, 4) is 0 Å². The van der Waals surface area contributed by atoms with E-state index in [2.05, 4.69) is 30.3 Å². The fourth-order valence-electron chi connectivity index (χ4n) is 1.53. The first-order chi connectivity index (χ1) is 7.34. The molecule has 2 aromatic carbocycles. The van der Waals surface area contributed by atoms with Crippen LogP contribution >= 0.6 is 11.6 Å². The molecule has 0 unspecified atom stereocenters. The van der Waals surface area contributed by atoms with Crippen LogP contribution in [0.5, 0.6) is 0 Å². The summed E-state index contributed by atoms with van der Waals surface area (Å²) < 4.78 is 0. The van der Waals surface area contributed by atoms with Gasteiger partial charge in [0.2, 0.25) is 0 Å². The molecule has 15 heavy (non-hydrogen) atoms. The van der Waals surface area contributed by atoms with Gasteiger partial charge < -0.3 is 0 Å². The van der Waals surface area contributed by atoms with E-state index in [-0.39, 0.29) is 0 Å². The van der Waals surface area contributed by atoms with Crippen molar-refractivity contribution in [3.63, 3.8) is 0 Å². The Morgan fingerprint density at radius 1 is 0.800 bits per heavy atom. The molecule has 0 amide bonds. The van der Waals surface area contributed by atoms with Gasteiger partial charge in [-0.15, -0.1) is 0 Å². The predicted octanol–water partition coefficient (Wildman–Crippen LogP) is 3.93. The number of hydrogen-bond acceptors (Lipinski definition) is 0. The molecule has 75 valence electrons. The highest BCUT2D eigenvalue weighted by Crippen LogP contribution is 2.11. The van der Waals surface area contributed by atoms with Crippen LogP contribution < -0.4 is 0 Å². The van der Waals surface area contributed by atoms with E-state index in [4.69, 9.17) is 11.6 Å². The van der Waals surface area contributed by atoms with Crippen LogP contribution in [0.25, 0.3) is 0 Å². The fourth-order valence-corrected chi connectivity index (χ4v) is 1.65. The monoisotopic (exact) mass is 215 g/mol. The molecule has 0 saturated heterocycles. The molecule has 0 N–H and O–H groups in total. The molecule has 2 aromatic rings. The Labute approximate surface area is 95.5 Å². The first kappa shape index (κ1) is 10.3. The van der Waals surface area contributed by atoms with Gasteiger partial charge >= 0.3 is 0 Å². The summed E-state index contributed by atoms with van der Waals surface area (Å²) in [4.78, 5) is 0. The molecular weight excluding hydrogens is 204 g/mol. The molecular formula is C14H12Cl. The third-order valence-corrected chi connectivity index (χ3v) is 2.65. The van der Waals surface area contributed by atoms with Gasteiger partial charge in [0.15, 0.2) is 0 Å². The minimum absolute atomic E-state index is 0.799. The van der Waals surface area contributed by atoms with Crippen molar-refractivity contribution in [2.75, 3.05) is 0 Å². The SMILES string of the molecule is Clc1ccc(CCc2cc[c]cc2)cc1. The number of rotatable bonds is 3. The van der Waals surface area contributed by atoms with E-state index < -0.39 is 0 Å². The third kappa shape index (κ3) is 3.10. The first-order valence-electron chi connectivity index (χ1n) is 5.04. The van der Waals surface area contributed by atoms with Gasteiger partial charge in [0, 0.05) is 5.02 Å². The number of hydrogen-bond donors (Lipinski definition) is 0. The standard InChI is InChI=1S/C14H12Cl/c15-14-10-8-13(9-11-14)7-6-12-4-2-1-3-5-12/h2-5,8-11H,6-7H2. The minimum atomic E-state index is 0.799. The van der Waals surface area contributed by atoms with Crippen molar-refractivity contribution in [2.24, 2.45) is 0 Å². The van der Waals surface area contributed by atoms with Crippen molar-refractivity contribution < 1.29 is 0 Å². The summed E-state index contributed by atoms with van der Waals surface area (Å²) in [5.74, 6) is 0. The lowest BCUT2D eigenvalue weighted by atomic mass is 10.0. The van der Waals surface area contributed by atoms with Gasteiger partial charge in [0.05, 0.1) is 0 Å². The molecule has 0 saturated carbocycles. The molecule has 0 nitrogen and oxygen atoms in total. The molecule has 0 aliphatic carbocycles. The van der Waals surface area contributed by atoms with Crippen LogP contribution in [0.15, 0.2) is 48.5 Å². The van der Waals surface area contributed by atoms with Crippen molar-refractivity contribution in [1.82, 2.24) is 0 Å². The van der Waals surface area contributed by atoms with Crippen molar-refractivity contribution in [2.45, 2.75) is 12.8 Å². The maximum Gasteiger partial charge on any atom is 0.0406 e. The second-order valence-corrected chi connectivity index (χ2v) is 3.97. The van der Waals surface area contributed by atoms with E-state index in [1.54, 1.807) is 0 Å². The van der Waals surface area contributed by atoms with Gasteiger partial charge in [-0.25, -0.2) is 0 Å². The number of halogens is 1. The number of benzene rings is 2. The predicted molar refractivity (Wildman–Crippen MR) is 64.1 cm³/mol. The minimum Gasteiger partial charge on any atom is -0.0843 e. The van der Waals surface area contributed by atoms with E-state index in [0.717, 1.165) is 17.9 Å². The highest BCUT2D eigenvalue weighted by Gasteiger charge is 1.95. The van der Waals surface area contributed by atoms with E-state index >= 15 is 0 Å². The van der Waals surface area contributed by atoms with E-state index in [1.165, 1.54) is 11.1 Å². The second kappa shape index (κ2) is 4.99. The second-order valence-electron chi connectivity index (χ2n) is 3.53. The molecule has 2 rings (SSSR count).